The molecule has 0 rings (SSSR count). The molecule has 6 heteroatoms. The van der Waals surface area contributed by atoms with E-state index in [1.165, 1.54) is 270 Å². The first-order valence-electron chi connectivity index (χ1n) is 34.1. The molecule has 0 aromatic rings. The summed E-state index contributed by atoms with van der Waals surface area (Å²) in [7, 11) is 0. The molecule has 0 amide bonds. The number of hydrogen-bond acceptors (Lipinski definition) is 6. The van der Waals surface area contributed by atoms with Gasteiger partial charge >= 0.3 is 17.9 Å². The standard InChI is InChI=1S/C69H134O6/c1-63(2)55-49-43-37-31-25-19-15-11-7-9-13-17-21-28-34-40-46-52-58-67(70)73-61-66(62-74-68(71)59-53-47-41-35-29-24-23-27-33-39-45-51-57-65(5)6)75-69(72)60-54-48-42-36-30-22-18-14-10-8-12-16-20-26-32-38-44-50-56-64(3)4/h63-66H,7-62H2,1-6H3/t66-/m0/s1. The summed E-state index contributed by atoms with van der Waals surface area (Å²) < 4.78 is 17.0. The highest BCUT2D eigenvalue weighted by atomic mass is 16.6. The molecule has 0 radical (unpaired) electrons. The summed E-state index contributed by atoms with van der Waals surface area (Å²) >= 11 is 0. The van der Waals surface area contributed by atoms with Crippen molar-refractivity contribution in [1.82, 2.24) is 0 Å². The Balaban J connectivity index is 4.26. The SMILES string of the molecule is CC(C)CCCCCCCCCCCCCCCCCCCCC(=O)OC[C@@H](COC(=O)CCCCCCCCCCCCCCC(C)C)OC(=O)CCCCCCCCCCCCCCCCCCCCC(C)C. The molecule has 0 aromatic heterocycles. The summed E-state index contributed by atoms with van der Waals surface area (Å²) in [6.07, 6.45) is 66.9. The average molecular weight is 1060 g/mol. The first kappa shape index (κ1) is 73.4. The normalized spacial score (nSPS) is 12.1. The Morgan fingerprint density at radius 2 is 0.387 bits per heavy atom. The van der Waals surface area contributed by atoms with Gasteiger partial charge in [-0.25, -0.2) is 0 Å². The second-order valence-electron chi connectivity index (χ2n) is 25.2. The van der Waals surface area contributed by atoms with Crippen LogP contribution in [0.15, 0.2) is 0 Å². The third kappa shape index (κ3) is 63.1. The lowest BCUT2D eigenvalue weighted by atomic mass is 10.0. The van der Waals surface area contributed by atoms with Crippen molar-refractivity contribution < 1.29 is 28.6 Å². The molecule has 0 aliphatic carbocycles. The number of ether oxygens (including phenoxy) is 3. The van der Waals surface area contributed by atoms with E-state index in [0.717, 1.165) is 75.5 Å². The first-order chi connectivity index (χ1) is 36.6. The van der Waals surface area contributed by atoms with Crippen molar-refractivity contribution in [1.29, 1.82) is 0 Å². The smallest absolute Gasteiger partial charge is 0.306 e. The third-order valence-electron chi connectivity index (χ3n) is 15.9. The number of unbranched alkanes of at least 4 members (excludes halogenated alkanes) is 45. The molecule has 0 heterocycles. The summed E-state index contributed by atoms with van der Waals surface area (Å²) in [6, 6.07) is 0. The van der Waals surface area contributed by atoms with E-state index in [-0.39, 0.29) is 31.1 Å². The fourth-order valence-corrected chi connectivity index (χ4v) is 10.8. The highest BCUT2D eigenvalue weighted by molar-refractivity contribution is 5.71. The number of rotatable bonds is 62. The van der Waals surface area contributed by atoms with Crippen LogP contribution in [0.4, 0.5) is 0 Å². The Kier molecular flexibility index (Phi) is 58.8. The second kappa shape index (κ2) is 60.1. The molecule has 0 saturated heterocycles. The Morgan fingerprint density at radius 3 is 0.573 bits per heavy atom. The zero-order valence-corrected chi connectivity index (χ0v) is 51.9. The maximum absolute atomic E-state index is 12.9. The van der Waals surface area contributed by atoms with Gasteiger partial charge in [0.05, 0.1) is 0 Å². The molecule has 0 N–H and O–H groups in total. The van der Waals surface area contributed by atoms with Gasteiger partial charge in [0, 0.05) is 19.3 Å². The van der Waals surface area contributed by atoms with Crippen molar-refractivity contribution in [2.75, 3.05) is 13.2 Å². The summed E-state index contributed by atoms with van der Waals surface area (Å²) in [5.41, 5.74) is 0. The third-order valence-corrected chi connectivity index (χ3v) is 15.9. The summed E-state index contributed by atoms with van der Waals surface area (Å²) in [6.45, 7) is 13.8. The maximum Gasteiger partial charge on any atom is 0.306 e. The molecule has 0 bridgehead atoms. The summed E-state index contributed by atoms with van der Waals surface area (Å²) in [5, 5.41) is 0. The van der Waals surface area contributed by atoms with Crippen LogP contribution < -0.4 is 0 Å². The van der Waals surface area contributed by atoms with Crippen LogP contribution in [-0.4, -0.2) is 37.2 Å². The minimum Gasteiger partial charge on any atom is -0.462 e. The molecule has 0 unspecified atom stereocenters. The van der Waals surface area contributed by atoms with Gasteiger partial charge in [-0.1, -0.05) is 350 Å². The minimum absolute atomic E-state index is 0.0621. The Hall–Kier alpha value is -1.59. The van der Waals surface area contributed by atoms with Gasteiger partial charge in [0.15, 0.2) is 6.10 Å². The molecular formula is C69H134O6. The van der Waals surface area contributed by atoms with Crippen LogP contribution in [0, 0.1) is 17.8 Å². The van der Waals surface area contributed by atoms with E-state index in [9.17, 15) is 14.4 Å². The Labute approximate surface area is 469 Å². The molecule has 0 saturated carbocycles. The molecule has 75 heavy (non-hydrogen) atoms. The predicted octanol–water partition coefficient (Wildman–Crippen LogP) is 23.0. The van der Waals surface area contributed by atoms with Crippen molar-refractivity contribution in [3.05, 3.63) is 0 Å². The molecule has 446 valence electrons. The molecule has 0 fully saturated rings. The van der Waals surface area contributed by atoms with Gasteiger partial charge in [0.2, 0.25) is 0 Å². The first-order valence-corrected chi connectivity index (χ1v) is 34.1. The van der Waals surface area contributed by atoms with Gasteiger partial charge in [-0.15, -0.1) is 0 Å². The van der Waals surface area contributed by atoms with Crippen molar-refractivity contribution in [3.8, 4) is 0 Å². The number of esters is 3. The van der Waals surface area contributed by atoms with Crippen molar-refractivity contribution in [3.63, 3.8) is 0 Å². The van der Waals surface area contributed by atoms with Gasteiger partial charge in [-0.05, 0) is 37.0 Å². The monoisotopic (exact) mass is 1060 g/mol. The van der Waals surface area contributed by atoms with E-state index in [1.807, 2.05) is 0 Å². The van der Waals surface area contributed by atoms with Crippen LogP contribution in [0.1, 0.15) is 388 Å². The van der Waals surface area contributed by atoms with Crippen LogP contribution in [0.25, 0.3) is 0 Å². The van der Waals surface area contributed by atoms with E-state index in [1.54, 1.807) is 0 Å². The number of hydrogen-bond donors (Lipinski definition) is 0. The Morgan fingerprint density at radius 1 is 0.227 bits per heavy atom. The van der Waals surface area contributed by atoms with Crippen LogP contribution in [0.2, 0.25) is 0 Å². The van der Waals surface area contributed by atoms with Crippen molar-refractivity contribution in [2.45, 2.75) is 394 Å². The van der Waals surface area contributed by atoms with Crippen LogP contribution in [0.5, 0.6) is 0 Å². The zero-order valence-electron chi connectivity index (χ0n) is 51.9. The van der Waals surface area contributed by atoms with Crippen LogP contribution in [0.3, 0.4) is 0 Å². The molecule has 0 spiro atoms. The van der Waals surface area contributed by atoms with Gasteiger partial charge < -0.3 is 14.2 Å². The van der Waals surface area contributed by atoms with Crippen LogP contribution >= 0.6 is 0 Å². The van der Waals surface area contributed by atoms with Gasteiger partial charge in [0.1, 0.15) is 13.2 Å². The lowest BCUT2D eigenvalue weighted by Crippen LogP contribution is -2.30. The largest absolute Gasteiger partial charge is 0.462 e. The van der Waals surface area contributed by atoms with E-state index in [2.05, 4.69) is 41.5 Å². The minimum atomic E-state index is -0.765. The van der Waals surface area contributed by atoms with Gasteiger partial charge in [-0.3, -0.25) is 14.4 Å². The lowest BCUT2D eigenvalue weighted by Gasteiger charge is -2.18. The topological polar surface area (TPSA) is 78.9 Å². The van der Waals surface area contributed by atoms with E-state index < -0.39 is 6.10 Å². The molecule has 0 aliphatic heterocycles. The van der Waals surface area contributed by atoms with E-state index in [4.69, 9.17) is 14.2 Å². The average Bonchev–Trinajstić information content (AvgIpc) is 3.38. The van der Waals surface area contributed by atoms with Crippen molar-refractivity contribution >= 4 is 17.9 Å². The van der Waals surface area contributed by atoms with Gasteiger partial charge in [-0.2, -0.15) is 0 Å². The van der Waals surface area contributed by atoms with Crippen LogP contribution in [-0.2, 0) is 28.6 Å². The van der Waals surface area contributed by atoms with E-state index in [0.29, 0.717) is 19.3 Å². The molecular weight excluding hydrogens is 925 g/mol. The maximum atomic E-state index is 12.9. The molecule has 0 aromatic carbocycles. The quantitative estimate of drug-likeness (QED) is 0.0343. The number of carbonyl (C=O) groups is 3. The van der Waals surface area contributed by atoms with Crippen molar-refractivity contribution in [2.24, 2.45) is 17.8 Å². The molecule has 6 nitrogen and oxygen atoms in total. The molecule has 1 atom stereocenters. The zero-order chi connectivity index (χ0) is 54.8. The Bertz CT molecular complexity index is 1160. The van der Waals surface area contributed by atoms with E-state index >= 15 is 0 Å². The fraction of sp³-hybridized carbons (Fsp3) is 0.957. The second-order valence-corrected chi connectivity index (χ2v) is 25.2. The molecule has 0 aliphatic rings. The highest BCUT2D eigenvalue weighted by Crippen LogP contribution is 2.20. The predicted molar refractivity (Wildman–Crippen MR) is 326 cm³/mol. The number of carbonyl (C=O) groups excluding carboxylic acids is 3. The lowest BCUT2D eigenvalue weighted by molar-refractivity contribution is -0.167. The summed E-state index contributed by atoms with van der Waals surface area (Å²) in [5.74, 6) is 1.72. The fourth-order valence-electron chi connectivity index (χ4n) is 10.8. The van der Waals surface area contributed by atoms with Gasteiger partial charge in [0.25, 0.3) is 0 Å². The highest BCUT2D eigenvalue weighted by Gasteiger charge is 2.20. The summed E-state index contributed by atoms with van der Waals surface area (Å²) in [4.78, 5) is 38.4.